The summed E-state index contributed by atoms with van der Waals surface area (Å²) in [6, 6.07) is 6.01. The summed E-state index contributed by atoms with van der Waals surface area (Å²) in [5, 5.41) is 3.32. The van der Waals surface area contributed by atoms with Gasteiger partial charge >= 0.3 is 0 Å². The maximum absolute atomic E-state index is 11.6. The third-order valence-electron chi connectivity index (χ3n) is 3.65. The molecule has 1 aromatic carbocycles. The highest BCUT2D eigenvalue weighted by atomic mass is 16.5. The van der Waals surface area contributed by atoms with Gasteiger partial charge in [-0.15, -0.1) is 0 Å². The normalized spacial score (nSPS) is 19.4. The second kappa shape index (κ2) is 5.93. The van der Waals surface area contributed by atoms with Crippen LogP contribution in [0.25, 0.3) is 0 Å². The van der Waals surface area contributed by atoms with Crippen molar-refractivity contribution in [2.24, 2.45) is 0 Å². The SMILES string of the molecule is CNC1CC(C)(C)Oc2cc(OCC(=O)N(C)C)ccc21. The van der Waals surface area contributed by atoms with E-state index < -0.39 is 0 Å². The van der Waals surface area contributed by atoms with Gasteiger partial charge in [-0.05, 0) is 27.0 Å². The van der Waals surface area contributed by atoms with E-state index >= 15 is 0 Å². The van der Waals surface area contributed by atoms with E-state index in [2.05, 4.69) is 19.2 Å². The second-order valence-corrected chi connectivity index (χ2v) is 6.18. The lowest BCUT2D eigenvalue weighted by Crippen LogP contribution is -2.38. The molecule has 2 rings (SSSR count). The van der Waals surface area contributed by atoms with Crippen LogP contribution in [-0.4, -0.2) is 44.2 Å². The number of fused-ring (bicyclic) bond motifs is 1. The zero-order valence-corrected chi connectivity index (χ0v) is 13.4. The van der Waals surface area contributed by atoms with Gasteiger partial charge in [-0.1, -0.05) is 6.07 Å². The zero-order chi connectivity index (χ0) is 15.6. The van der Waals surface area contributed by atoms with Gasteiger partial charge in [0.15, 0.2) is 6.61 Å². The molecular weight excluding hydrogens is 268 g/mol. The topological polar surface area (TPSA) is 50.8 Å². The molecule has 5 nitrogen and oxygen atoms in total. The predicted octanol–water partition coefficient (Wildman–Crippen LogP) is 1.98. The first-order valence-corrected chi connectivity index (χ1v) is 7.15. The number of nitrogens with zero attached hydrogens (tertiary/aromatic N) is 1. The van der Waals surface area contributed by atoms with Crippen molar-refractivity contribution in [3.63, 3.8) is 0 Å². The van der Waals surface area contributed by atoms with Gasteiger partial charge in [0.2, 0.25) is 0 Å². The molecule has 0 aliphatic carbocycles. The summed E-state index contributed by atoms with van der Waals surface area (Å²) in [6.07, 6.45) is 0.913. The van der Waals surface area contributed by atoms with Crippen LogP contribution in [0, 0.1) is 0 Å². The summed E-state index contributed by atoms with van der Waals surface area (Å²) in [5.41, 5.74) is 0.904. The van der Waals surface area contributed by atoms with Crippen LogP contribution in [0.3, 0.4) is 0 Å². The van der Waals surface area contributed by atoms with Gasteiger partial charge < -0.3 is 19.7 Å². The smallest absolute Gasteiger partial charge is 0.259 e. The summed E-state index contributed by atoms with van der Waals surface area (Å²) in [5.74, 6) is 1.40. The summed E-state index contributed by atoms with van der Waals surface area (Å²) in [6.45, 7) is 4.18. The fourth-order valence-electron chi connectivity index (χ4n) is 2.45. The minimum atomic E-state index is -0.223. The summed E-state index contributed by atoms with van der Waals surface area (Å²) >= 11 is 0. The van der Waals surface area contributed by atoms with Gasteiger partial charge in [-0.25, -0.2) is 0 Å². The molecule has 1 N–H and O–H groups in total. The molecule has 1 aliphatic heterocycles. The number of hydrogen-bond acceptors (Lipinski definition) is 4. The van der Waals surface area contributed by atoms with Crippen molar-refractivity contribution in [2.45, 2.75) is 31.9 Å². The van der Waals surface area contributed by atoms with Crippen LogP contribution in [0.15, 0.2) is 18.2 Å². The molecule has 1 amide bonds. The lowest BCUT2D eigenvalue weighted by Gasteiger charge is -2.37. The second-order valence-electron chi connectivity index (χ2n) is 6.18. The average molecular weight is 292 g/mol. The predicted molar refractivity (Wildman–Crippen MR) is 81.8 cm³/mol. The first-order valence-electron chi connectivity index (χ1n) is 7.15. The fourth-order valence-corrected chi connectivity index (χ4v) is 2.45. The maximum Gasteiger partial charge on any atom is 0.259 e. The molecule has 5 heteroatoms. The number of nitrogens with one attached hydrogen (secondary N) is 1. The molecule has 116 valence electrons. The van der Waals surface area contributed by atoms with Gasteiger partial charge in [0, 0.05) is 38.2 Å². The number of carbonyl (C=O) groups is 1. The standard InChI is InChI=1S/C16H24N2O3/c1-16(2)9-13(17-3)12-7-6-11(8-14(12)21-16)20-10-15(19)18(4)5/h6-8,13,17H,9-10H2,1-5H3. The van der Waals surface area contributed by atoms with Gasteiger partial charge in [0.05, 0.1) is 0 Å². The molecule has 21 heavy (non-hydrogen) atoms. The molecule has 0 saturated heterocycles. The largest absolute Gasteiger partial charge is 0.487 e. The molecule has 0 bridgehead atoms. The summed E-state index contributed by atoms with van der Waals surface area (Å²) < 4.78 is 11.6. The molecule has 1 heterocycles. The molecule has 0 fully saturated rings. The van der Waals surface area contributed by atoms with E-state index in [1.165, 1.54) is 4.90 Å². The third-order valence-corrected chi connectivity index (χ3v) is 3.65. The van der Waals surface area contributed by atoms with Crippen LogP contribution in [0.5, 0.6) is 11.5 Å². The van der Waals surface area contributed by atoms with Crippen molar-refractivity contribution in [2.75, 3.05) is 27.7 Å². The molecule has 1 aromatic rings. The quantitative estimate of drug-likeness (QED) is 0.922. The van der Waals surface area contributed by atoms with Gasteiger partial charge in [-0.3, -0.25) is 4.79 Å². The fraction of sp³-hybridized carbons (Fsp3) is 0.562. The lowest BCUT2D eigenvalue weighted by atomic mass is 9.90. The van der Waals surface area contributed by atoms with E-state index in [9.17, 15) is 4.79 Å². The Hall–Kier alpha value is -1.75. The van der Waals surface area contributed by atoms with E-state index in [0.29, 0.717) is 5.75 Å². The Labute approximate surface area is 126 Å². The van der Waals surface area contributed by atoms with E-state index in [-0.39, 0.29) is 24.2 Å². The molecule has 0 spiro atoms. The number of hydrogen-bond donors (Lipinski definition) is 1. The van der Waals surface area contributed by atoms with E-state index in [0.717, 1.165) is 17.7 Å². The molecule has 1 unspecified atom stereocenters. The van der Waals surface area contributed by atoms with E-state index in [4.69, 9.17) is 9.47 Å². The van der Waals surface area contributed by atoms with Crippen molar-refractivity contribution in [3.05, 3.63) is 23.8 Å². The van der Waals surface area contributed by atoms with Crippen LogP contribution in [0.4, 0.5) is 0 Å². The Balaban J connectivity index is 2.16. The molecular formula is C16H24N2O3. The summed E-state index contributed by atoms with van der Waals surface area (Å²) in [7, 11) is 5.37. The number of carbonyl (C=O) groups excluding carboxylic acids is 1. The van der Waals surface area contributed by atoms with Crippen molar-refractivity contribution in [1.82, 2.24) is 10.2 Å². The third kappa shape index (κ3) is 3.67. The Bertz CT molecular complexity index is 526. The molecule has 0 aromatic heterocycles. The Morgan fingerprint density at radius 1 is 1.48 bits per heavy atom. The molecule has 1 aliphatic rings. The first kappa shape index (κ1) is 15.6. The molecule has 1 atom stereocenters. The van der Waals surface area contributed by atoms with Gasteiger partial charge in [0.1, 0.15) is 17.1 Å². The highest BCUT2D eigenvalue weighted by Crippen LogP contribution is 2.40. The van der Waals surface area contributed by atoms with Crippen LogP contribution in [0.1, 0.15) is 31.9 Å². The zero-order valence-electron chi connectivity index (χ0n) is 13.4. The van der Waals surface area contributed by atoms with Gasteiger partial charge in [0.25, 0.3) is 5.91 Å². The Morgan fingerprint density at radius 3 is 2.81 bits per heavy atom. The van der Waals surface area contributed by atoms with E-state index in [1.54, 1.807) is 14.1 Å². The number of benzene rings is 1. The number of amides is 1. The first-order chi connectivity index (χ1) is 9.82. The minimum Gasteiger partial charge on any atom is -0.487 e. The van der Waals surface area contributed by atoms with Crippen LogP contribution >= 0.6 is 0 Å². The van der Waals surface area contributed by atoms with Gasteiger partial charge in [-0.2, -0.15) is 0 Å². The molecule has 0 saturated carbocycles. The van der Waals surface area contributed by atoms with Crippen molar-refractivity contribution in [1.29, 1.82) is 0 Å². The maximum atomic E-state index is 11.6. The molecule has 0 radical (unpaired) electrons. The van der Waals surface area contributed by atoms with Crippen LogP contribution in [-0.2, 0) is 4.79 Å². The van der Waals surface area contributed by atoms with Crippen molar-refractivity contribution in [3.8, 4) is 11.5 Å². The lowest BCUT2D eigenvalue weighted by molar-refractivity contribution is -0.130. The van der Waals surface area contributed by atoms with Crippen LogP contribution < -0.4 is 14.8 Å². The van der Waals surface area contributed by atoms with E-state index in [1.807, 2.05) is 25.2 Å². The Morgan fingerprint density at radius 2 is 2.19 bits per heavy atom. The van der Waals surface area contributed by atoms with Crippen LogP contribution in [0.2, 0.25) is 0 Å². The minimum absolute atomic E-state index is 0.0324. The summed E-state index contributed by atoms with van der Waals surface area (Å²) in [4.78, 5) is 13.1. The Kier molecular flexibility index (Phi) is 4.42. The number of ether oxygens (including phenoxy) is 2. The van der Waals surface area contributed by atoms with Crippen molar-refractivity contribution >= 4 is 5.91 Å². The monoisotopic (exact) mass is 292 g/mol. The average Bonchev–Trinajstić information content (AvgIpc) is 2.42. The highest BCUT2D eigenvalue weighted by Gasteiger charge is 2.33. The number of rotatable bonds is 4. The highest BCUT2D eigenvalue weighted by molar-refractivity contribution is 5.77. The number of likely N-dealkylation sites (N-methyl/N-ethyl adjacent to an activating group) is 1. The van der Waals surface area contributed by atoms with Crippen molar-refractivity contribution < 1.29 is 14.3 Å².